The number of rotatable bonds is 3. The molecule has 6 heteroatoms. The number of amides is 3. The highest BCUT2D eigenvalue weighted by Gasteiger charge is 2.45. The number of urea groups is 1. The predicted molar refractivity (Wildman–Crippen MR) is 83.5 cm³/mol. The van der Waals surface area contributed by atoms with E-state index in [9.17, 15) is 9.59 Å². The maximum atomic E-state index is 12.6. The van der Waals surface area contributed by atoms with Crippen LogP contribution < -0.4 is 4.90 Å². The Balaban J connectivity index is 1.98. The molecule has 1 aliphatic rings. The lowest BCUT2D eigenvalue weighted by atomic mass is 10.0. The molecule has 1 fully saturated rings. The summed E-state index contributed by atoms with van der Waals surface area (Å²) in [6.07, 6.45) is 0.669. The first-order valence-corrected chi connectivity index (χ1v) is 7.77. The van der Waals surface area contributed by atoms with Crippen molar-refractivity contribution in [2.45, 2.75) is 26.3 Å². The Morgan fingerprint density at radius 2 is 2.00 bits per heavy atom. The Kier molecular flexibility index (Phi) is 3.41. The molecule has 5 nitrogen and oxygen atoms in total. The van der Waals surface area contributed by atoms with Crippen LogP contribution >= 0.6 is 11.3 Å². The molecular formula is C15H17N3O2S. The van der Waals surface area contributed by atoms with Gasteiger partial charge in [-0.05, 0) is 24.5 Å². The molecule has 0 radical (unpaired) electrons. The maximum Gasteiger partial charge on any atom is 0.333 e. The van der Waals surface area contributed by atoms with Crippen LogP contribution in [0.3, 0.4) is 0 Å². The van der Waals surface area contributed by atoms with Crippen molar-refractivity contribution in [3.8, 4) is 0 Å². The molecule has 0 saturated carbocycles. The second kappa shape index (κ2) is 5.11. The summed E-state index contributed by atoms with van der Waals surface area (Å²) < 4.78 is 0.975. The van der Waals surface area contributed by atoms with E-state index in [0.717, 1.165) is 10.2 Å². The largest absolute Gasteiger partial charge is 0.333 e. The minimum Gasteiger partial charge on any atom is -0.315 e. The quantitative estimate of drug-likeness (QED) is 0.819. The van der Waals surface area contributed by atoms with Gasteiger partial charge in [0.1, 0.15) is 6.04 Å². The molecule has 3 rings (SSSR count). The summed E-state index contributed by atoms with van der Waals surface area (Å²) >= 11 is 1.37. The Bertz CT molecular complexity index is 677. The number of aromatic nitrogens is 1. The van der Waals surface area contributed by atoms with Gasteiger partial charge in [-0.15, -0.1) is 0 Å². The molecule has 1 atom stereocenters. The van der Waals surface area contributed by atoms with Crippen LogP contribution in [-0.2, 0) is 4.79 Å². The maximum absolute atomic E-state index is 12.6. The second-order valence-corrected chi connectivity index (χ2v) is 6.69. The second-order valence-electron chi connectivity index (χ2n) is 5.68. The van der Waals surface area contributed by atoms with E-state index in [0.29, 0.717) is 17.5 Å². The number of imide groups is 1. The van der Waals surface area contributed by atoms with Gasteiger partial charge in [-0.3, -0.25) is 4.79 Å². The predicted octanol–water partition coefficient (Wildman–Crippen LogP) is 3.11. The zero-order valence-corrected chi connectivity index (χ0v) is 13.1. The summed E-state index contributed by atoms with van der Waals surface area (Å²) in [6.45, 7) is 4.10. The third-order valence-electron chi connectivity index (χ3n) is 3.63. The summed E-state index contributed by atoms with van der Waals surface area (Å²) in [7, 11) is 1.68. The zero-order valence-electron chi connectivity index (χ0n) is 12.2. The van der Waals surface area contributed by atoms with Crippen molar-refractivity contribution in [2.75, 3.05) is 11.9 Å². The molecule has 0 aliphatic carbocycles. The fraction of sp³-hybridized carbons (Fsp3) is 0.400. The number of carbonyl (C=O) groups is 2. The smallest absolute Gasteiger partial charge is 0.315 e. The minimum absolute atomic E-state index is 0.171. The lowest BCUT2D eigenvalue weighted by Gasteiger charge is -2.17. The SMILES string of the molecule is CC(C)CC1C(=O)N(c2nc3ccccc3s2)C(=O)N1C. The fourth-order valence-electron chi connectivity index (χ4n) is 2.54. The molecule has 1 aliphatic heterocycles. The number of likely N-dealkylation sites (N-methyl/N-ethyl adjacent to an activating group) is 1. The van der Waals surface area contributed by atoms with Gasteiger partial charge >= 0.3 is 6.03 Å². The summed E-state index contributed by atoms with van der Waals surface area (Å²) in [4.78, 5) is 32.1. The number of para-hydroxylation sites is 1. The lowest BCUT2D eigenvalue weighted by molar-refractivity contribution is -0.119. The lowest BCUT2D eigenvalue weighted by Crippen LogP contribution is -2.32. The molecule has 0 bridgehead atoms. The van der Waals surface area contributed by atoms with Gasteiger partial charge in [0.25, 0.3) is 5.91 Å². The van der Waals surface area contributed by atoms with Crippen molar-refractivity contribution in [1.82, 2.24) is 9.88 Å². The van der Waals surface area contributed by atoms with E-state index < -0.39 is 0 Å². The van der Waals surface area contributed by atoms with Crippen molar-refractivity contribution in [3.05, 3.63) is 24.3 Å². The fourth-order valence-corrected chi connectivity index (χ4v) is 3.50. The molecular weight excluding hydrogens is 286 g/mol. The van der Waals surface area contributed by atoms with Gasteiger partial charge in [0.2, 0.25) is 5.13 Å². The monoisotopic (exact) mass is 303 g/mol. The first kappa shape index (κ1) is 14.0. The van der Waals surface area contributed by atoms with Crippen LogP contribution in [0.25, 0.3) is 10.2 Å². The summed E-state index contributed by atoms with van der Waals surface area (Å²) in [5.41, 5.74) is 0.813. The van der Waals surface area contributed by atoms with Gasteiger partial charge < -0.3 is 4.90 Å². The standard InChI is InChI=1S/C15H17N3O2S/c1-9(2)8-11-13(19)18(15(20)17(11)3)14-16-10-6-4-5-7-12(10)21-14/h4-7,9,11H,8H2,1-3H3. The number of anilines is 1. The van der Waals surface area contributed by atoms with Crippen molar-refractivity contribution in [2.24, 2.45) is 5.92 Å². The molecule has 21 heavy (non-hydrogen) atoms. The van der Waals surface area contributed by atoms with Crippen LogP contribution in [0.5, 0.6) is 0 Å². The molecule has 0 N–H and O–H groups in total. The molecule has 2 aromatic rings. The number of nitrogens with zero attached hydrogens (tertiary/aromatic N) is 3. The normalized spacial score (nSPS) is 19.3. The van der Waals surface area contributed by atoms with Crippen LogP contribution in [-0.4, -0.2) is 34.9 Å². The molecule has 1 saturated heterocycles. The third-order valence-corrected chi connectivity index (χ3v) is 4.66. The van der Waals surface area contributed by atoms with E-state index in [4.69, 9.17) is 0 Å². The first-order valence-electron chi connectivity index (χ1n) is 6.95. The van der Waals surface area contributed by atoms with E-state index in [2.05, 4.69) is 4.98 Å². The van der Waals surface area contributed by atoms with E-state index >= 15 is 0 Å². The highest BCUT2D eigenvalue weighted by atomic mass is 32.1. The summed E-state index contributed by atoms with van der Waals surface area (Å²) in [5, 5.41) is 0.462. The van der Waals surface area contributed by atoms with Gasteiger partial charge in [0.05, 0.1) is 10.2 Å². The van der Waals surface area contributed by atoms with Crippen molar-refractivity contribution >= 4 is 38.6 Å². The molecule has 1 unspecified atom stereocenters. The van der Waals surface area contributed by atoms with E-state index in [1.54, 1.807) is 7.05 Å². The Labute approximate surface area is 127 Å². The van der Waals surface area contributed by atoms with Crippen LogP contribution in [0, 0.1) is 5.92 Å². The molecule has 1 aromatic heterocycles. The van der Waals surface area contributed by atoms with Gasteiger partial charge in [-0.25, -0.2) is 14.7 Å². The van der Waals surface area contributed by atoms with Crippen molar-refractivity contribution in [3.63, 3.8) is 0 Å². The van der Waals surface area contributed by atoms with Gasteiger partial charge in [0, 0.05) is 7.05 Å². The van der Waals surface area contributed by atoms with Crippen molar-refractivity contribution in [1.29, 1.82) is 0 Å². The third kappa shape index (κ3) is 2.29. The summed E-state index contributed by atoms with van der Waals surface area (Å²) in [5.74, 6) is 0.180. The average molecular weight is 303 g/mol. The summed E-state index contributed by atoms with van der Waals surface area (Å²) in [6, 6.07) is 6.97. The average Bonchev–Trinajstić information content (AvgIpc) is 2.94. The molecule has 3 amide bonds. The van der Waals surface area contributed by atoms with Crippen LogP contribution in [0.4, 0.5) is 9.93 Å². The van der Waals surface area contributed by atoms with E-state index in [-0.39, 0.29) is 18.0 Å². The number of hydrogen-bond acceptors (Lipinski definition) is 4. The topological polar surface area (TPSA) is 53.5 Å². The van der Waals surface area contributed by atoms with Crippen molar-refractivity contribution < 1.29 is 9.59 Å². The zero-order chi connectivity index (χ0) is 15.1. The number of benzene rings is 1. The number of thiazole rings is 1. The first-order chi connectivity index (χ1) is 9.99. The van der Waals surface area contributed by atoms with Gasteiger partial charge in [0.15, 0.2) is 0 Å². The van der Waals surface area contributed by atoms with E-state index in [1.807, 2.05) is 38.1 Å². The number of hydrogen-bond donors (Lipinski definition) is 0. The van der Waals surface area contributed by atoms with Crippen LogP contribution in [0.2, 0.25) is 0 Å². The number of fused-ring (bicyclic) bond motifs is 1. The molecule has 2 heterocycles. The van der Waals surface area contributed by atoms with E-state index in [1.165, 1.54) is 21.1 Å². The minimum atomic E-state index is -0.385. The molecule has 110 valence electrons. The highest BCUT2D eigenvalue weighted by Crippen LogP contribution is 2.33. The molecule has 0 spiro atoms. The Morgan fingerprint density at radius 3 is 2.67 bits per heavy atom. The van der Waals surface area contributed by atoms with Gasteiger partial charge in [-0.1, -0.05) is 37.3 Å². The van der Waals surface area contributed by atoms with Crippen LogP contribution in [0.1, 0.15) is 20.3 Å². The van der Waals surface area contributed by atoms with Crippen LogP contribution in [0.15, 0.2) is 24.3 Å². The Morgan fingerprint density at radius 1 is 1.29 bits per heavy atom. The number of carbonyl (C=O) groups excluding carboxylic acids is 2. The van der Waals surface area contributed by atoms with Gasteiger partial charge in [-0.2, -0.15) is 0 Å². The Hall–Kier alpha value is -1.95. The highest BCUT2D eigenvalue weighted by molar-refractivity contribution is 7.22. The molecule has 1 aromatic carbocycles.